The van der Waals surface area contributed by atoms with Crippen LogP contribution in [0, 0.1) is 0 Å². The molecule has 2 heterocycles. The average Bonchev–Trinajstić information content (AvgIpc) is 3.40. The van der Waals surface area contributed by atoms with Crippen LogP contribution in [0.25, 0.3) is 0 Å². The number of halogens is 1. The van der Waals surface area contributed by atoms with Gasteiger partial charge in [0.25, 0.3) is 15.9 Å². The van der Waals surface area contributed by atoms with Crippen LogP contribution in [-0.2, 0) is 21.2 Å². The molecule has 0 radical (unpaired) electrons. The number of amides is 1. The van der Waals surface area contributed by atoms with Gasteiger partial charge in [-0.2, -0.15) is 0 Å². The van der Waals surface area contributed by atoms with Crippen molar-refractivity contribution in [3.05, 3.63) is 74.9 Å². The van der Waals surface area contributed by atoms with Crippen molar-refractivity contribution in [3.8, 4) is 0 Å². The van der Waals surface area contributed by atoms with E-state index in [4.69, 9.17) is 16.3 Å². The maximum absolute atomic E-state index is 13.3. The van der Waals surface area contributed by atoms with Gasteiger partial charge in [-0.05, 0) is 47.7 Å². The van der Waals surface area contributed by atoms with Crippen LogP contribution in [0.1, 0.15) is 25.6 Å². The molecule has 160 valence electrons. The Bertz CT molecular complexity index is 1290. The third-order valence-corrected chi connectivity index (χ3v) is 8.08. The number of nitrogens with one attached hydrogen (secondary N) is 1. The molecule has 31 heavy (non-hydrogen) atoms. The van der Waals surface area contributed by atoms with Gasteiger partial charge in [-0.3, -0.25) is 9.10 Å². The molecule has 0 atom stereocenters. The first-order valence-corrected chi connectivity index (χ1v) is 11.9. The summed E-state index contributed by atoms with van der Waals surface area (Å²) < 4.78 is 32.7. The monoisotopic (exact) mass is 476 g/mol. The van der Waals surface area contributed by atoms with Crippen LogP contribution in [0.3, 0.4) is 0 Å². The van der Waals surface area contributed by atoms with Gasteiger partial charge in [0.1, 0.15) is 9.77 Å². The zero-order valence-electron chi connectivity index (χ0n) is 16.3. The van der Waals surface area contributed by atoms with E-state index in [0.717, 1.165) is 16.9 Å². The highest BCUT2D eigenvalue weighted by molar-refractivity contribution is 7.93. The fraction of sp³-hybridized carbons (Fsp3) is 0.143. The van der Waals surface area contributed by atoms with Gasteiger partial charge in [-0.1, -0.05) is 29.8 Å². The normalized spacial score (nSPS) is 13.0. The van der Waals surface area contributed by atoms with E-state index < -0.39 is 21.9 Å². The SMILES string of the molecule is COC(=O)c1sccc1NC(=O)c1ccc(Cl)c(S(=O)(=O)N2CCc3ccccc32)c1. The number of nitrogens with zero attached hydrogens (tertiary/aromatic N) is 1. The number of hydrogen-bond donors (Lipinski definition) is 1. The highest BCUT2D eigenvalue weighted by Gasteiger charge is 2.32. The minimum atomic E-state index is -3.98. The van der Waals surface area contributed by atoms with Crippen molar-refractivity contribution in [1.82, 2.24) is 0 Å². The van der Waals surface area contributed by atoms with E-state index in [1.807, 2.05) is 12.1 Å². The fourth-order valence-electron chi connectivity index (χ4n) is 3.37. The molecule has 7 nitrogen and oxygen atoms in total. The molecule has 0 fully saturated rings. The van der Waals surface area contributed by atoms with Crippen molar-refractivity contribution in [1.29, 1.82) is 0 Å². The predicted octanol–water partition coefficient (Wildman–Crippen LogP) is 4.19. The molecule has 1 amide bonds. The van der Waals surface area contributed by atoms with Gasteiger partial charge in [-0.25, -0.2) is 13.2 Å². The predicted molar refractivity (Wildman–Crippen MR) is 120 cm³/mol. The third kappa shape index (κ3) is 3.91. The number of methoxy groups -OCH3 is 1. The summed E-state index contributed by atoms with van der Waals surface area (Å²) >= 11 is 7.35. The maximum Gasteiger partial charge on any atom is 0.350 e. The molecule has 0 bridgehead atoms. The number of hydrogen-bond acceptors (Lipinski definition) is 6. The quantitative estimate of drug-likeness (QED) is 0.557. The van der Waals surface area contributed by atoms with Crippen molar-refractivity contribution >= 4 is 56.2 Å². The Hall–Kier alpha value is -2.88. The summed E-state index contributed by atoms with van der Waals surface area (Å²) in [5.41, 5.74) is 1.92. The van der Waals surface area contributed by atoms with E-state index in [1.165, 1.54) is 29.6 Å². The van der Waals surface area contributed by atoms with Gasteiger partial charge in [-0.15, -0.1) is 11.3 Å². The summed E-state index contributed by atoms with van der Waals surface area (Å²) in [4.78, 5) is 24.7. The van der Waals surface area contributed by atoms with Gasteiger partial charge < -0.3 is 10.1 Å². The lowest BCUT2D eigenvalue weighted by Gasteiger charge is -2.20. The number of benzene rings is 2. The van der Waals surface area contributed by atoms with Gasteiger partial charge in [0, 0.05) is 12.1 Å². The Kier molecular flexibility index (Phi) is 5.74. The number of sulfonamides is 1. The van der Waals surface area contributed by atoms with Crippen LogP contribution >= 0.6 is 22.9 Å². The van der Waals surface area contributed by atoms with Crippen LogP contribution < -0.4 is 9.62 Å². The van der Waals surface area contributed by atoms with Crippen molar-refractivity contribution in [2.24, 2.45) is 0 Å². The van der Waals surface area contributed by atoms with Crippen LogP contribution in [-0.4, -0.2) is 33.9 Å². The minimum absolute atomic E-state index is 0.0201. The number of para-hydroxylation sites is 1. The van der Waals surface area contributed by atoms with Crippen molar-refractivity contribution in [2.45, 2.75) is 11.3 Å². The zero-order chi connectivity index (χ0) is 22.2. The van der Waals surface area contributed by atoms with E-state index >= 15 is 0 Å². The number of esters is 1. The molecule has 0 saturated heterocycles. The molecule has 1 aliphatic rings. The molecule has 0 aliphatic carbocycles. The summed E-state index contributed by atoms with van der Waals surface area (Å²) in [5, 5.41) is 4.29. The maximum atomic E-state index is 13.3. The van der Waals surface area contributed by atoms with Crippen molar-refractivity contribution < 1.29 is 22.7 Å². The number of rotatable bonds is 5. The van der Waals surface area contributed by atoms with Crippen LogP contribution in [0.2, 0.25) is 5.02 Å². The molecule has 0 saturated carbocycles. The van der Waals surface area contributed by atoms with Crippen LogP contribution in [0.5, 0.6) is 0 Å². The van der Waals surface area contributed by atoms with E-state index in [0.29, 0.717) is 18.7 Å². The number of carbonyl (C=O) groups is 2. The summed E-state index contributed by atoms with van der Waals surface area (Å²) in [6.07, 6.45) is 0.599. The number of fused-ring (bicyclic) bond motifs is 1. The molecule has 0 unspecified atom stereocenters. The average molecular weight is 477 g/mol. The number of ether oxygens (including phenoxy) is 1. The molecule has 1 N–H and O–H groups in total. The Morgan fingerprint density at radius 3 is 2.71 bits per heavy atom. The molecule has 1 aromatic heterocycles. The molecule has 0 spiro atoms. The summed E-state index contributed by atoms with van der Waals surface area (Å²) in [6.45, 7) is 0.297. The Morgan fingerprint density at radius 2 is 1.94 bits per heavy atom. The first-order valence-electron chi connectivity index (χ1n) is 9.20. The number of anilines is 2. The Balaban J connectivity index is 1.66. The summed E-state index contributed by atoms with van der Waals surface area (Å²) in [6, 6.07) is 12.9. The number of thiophene rings is 1. The highest BCUT2D eigenvalue weighted by atomic mass is 35.5. The second-order valence-electron chi connectivity index (χ2n) is 6.71. The lowest BCUT2D eigenvalue weighted by atomic mass is 10.2. The summed E-state index contributed by atoms with van der Waals surface area (Å²) in [7, 11) is -2.73. The fourth-order valence-corrected chi connectivity index (χ4v) is 6.14. The van der Waals surface area contributed by atoms with Gasteiger partial charge in [0.15, 0.2) is 0 Å². The second kappa shape index (κ2) is 8.33. The standard InChI is InChI=1S/C21H17ClN2O5S2/c1-29-21(26)19-16(9-11-30-19)23-20(25)14-6-7-15(22)18(12-14)31(27,28)24-10-8-13-4-2-3-5-17(13)24/h2-7,9,11-12H,8,10H2,1H3,(H,23,25). The molecule has 4 rings (SSSR count). The van der Waals surface area contributed by atoms with E-state index in [-0.39, 0.29) is 26.0 Å². The Labute approximate surface area is 188 Å². The zero-order valence-corrected chi connectivity index (χ0v) is 18.7. The minimum Gasteiger partial charge on any atom is -0.465 e. The van der Waals surface area contributed by atoms with E-state index in [2.05, 4.69) is 5.32 Å². The molecular weight excluding hydrogens is 460 g/mol. The van der Waals surface area contributed by atoms with Crippen LogP contribution in [0.4, 0.5) is 11.4 Å². The van der Waals surface area contributed by atoms with Crippen molar-refractivity contribution in [2.75, 3.05) is 23.3 Å². The molecular formula is C21H17ClN2O5S2. The lowest BCUT2D eigenvalue weighted by molar-refractivity contribution is 0.0607. The van der Waals surface area contributed by atoms with Crippen molar-refractivity contribution in [3.63, 3.8) is 0 Å². The largest absolute Gasteiger partial charge is 0.465 e. The van der Waals surface area contributed by atoms with Gasteiger partial charge >= 0.3 is 5.97 Å². The van der Waals surface area contributed by atoms with Crippen LogP contribution in [0.15, 0.2) is 58.8 Å². The summed E-state index contributed by atoms with van der Waals surface area (Å²) in [5.74, 6) is -1.14. The molecule has 2 aromatic carbocycles. The lowest BCUT2D eigenvalue weighted by Crippen LogP contribution is -2.29. The second-order valence-corrected chi connectivity index (χ2v) is 9.86. The highest BCUT2D eigenvalue weighted by Crippen LogP contribution is 2.35. The Morgan fingerprint density at radius 1 is 1.16 bits per heavy atom. The van der Waals surface area contributed by atoms with E-state index in [1.54, 1.807) is 23.6 Å². The first-order chi connectivity index (χ1) is 14.8. The first kappa shape index (κ1) is 21.4. The van der Waals surface area contributed by atoms with E-state index in [9.17, 15) is 18.0 Å². The number of carbonyl (C=O) groups excluding carboxylic acids is 2. The molecule has 10 heteroatoms. The molecule has 3 aromatic rings. The van der Waals surface area contributed by atoms with Gasteiger partial charge in [0.05, 0.1) is 23.5 Å². The van der Waals surface area contributed by atoms with Gasteiger partial charge in [0.2, 0.25) is 0 Å². The smallest absolute Gasteiger partial charge is 0.350 e. The molecule has 1 aliphatic heterocycles. The topological polar surface area (TPSA) is 92.8 Å². The third-order valence-electron chi connectivity index (χ3n) is 4.89.